The molecule has 1 aromatic rings. The number of hydrogen-bond acceptors (Lipinski definition) is 3. The standard InChI is InChI=1S/C14H19NO2/c1-5-15(12(3)10-14(16)17-4)13-9-7-6-8-11(13)2/h5-9,12H,1,10H2,2-4H3. The molecule has 0 radical (unpaired) electrons. The molecule has 0 aromatic heterocycles. The van der Waals surface area contributed by atoms with Crippen LogP contribution in [-0.2, 0) is 9.53 Å². The zero-order valence-corrected chi connectivity index (χ0v) is 10.6. The van der Waals surface area contributed by atoms with Gasteiger partial charge in [-0.1, -0.05) is 24.8 Å². The number of esters is 1. The topological polar surface area (TPSA) is 29.5 Å². The van der Waals surface area contributed by atoms with E-state index in [1.54, 1.807) is 6.20 Å². The van der Waals surface area contributed by atoms with Gasteiger partial charge in [-0.2, -0.15) is 0 Å². The summed E-state index contributed by atoms with van der Waals surface area (Å²) >= 11 is 0. The van der Waals surface area contributed by atoms with E-state index < -0.39 is 0 Å². The van der Waals surface area contributed by atoms with Crippen LogP contribution in [0.5, 0.6) is 0 Å². The fourth-order valence-electron chi connectivity index (χ4n) is 1.79. The minimum Gasteiger partial charge on any atom is -0.469 e. The van der Waals surface area contributed by atoms with Gasteiger partial charge in [0, 0.05) is 11.7 Å². The summed E-state index contributed by atoms with van der Waals surface area (Å²) in [6, 6.07) is 8.05. The van der Waals surface area contributed by atoms with Crippen LogP contribution >= 0.6 is 0 Å². The third-order valence-electron chi connectivity index (χ3n) is 2.75. The van der Waals surface area contributed by atoms with E-state index in [0.29, 0.717) is 6.42 Å². The third kappa shape index (κ3) is 3.34. The molecule has 1 atom stereocenters. The minimum absolute atomic E-state index is 0.0287. The first-order chi connectivity index (χ1) is 8.10. The van der Waals surface area contributed by atoms with Gasteiger partial charge in [-0.15, -0.1) is 0 Å². The number of carbonyl (C=O) groups excluding carboxylic acids is 1. The third-order valence-corrected chi connectivity index (χ3v) is 2.75. The molecular weight excluding hydrogens is 214 g/mol. The molecule has 0 spiro atoms. The molecule has 0 amide bonds. The second-order valence-electron chi connectivity index (χ2n) is 4.01. The van der Waals surface area contributed by atoms with Gasteiger partial charge in [0.25, 0.3) is 0 Å². The molecule has 92 valence electrons. The minimum atomic E-state index is -0.210. The average Bonchev–Trinajstić information content (AvgIpc) is 2.32. The molecule has 1 aromatic carbocycles. The fourth-order valence-corrected chi connectivity index (χ4v) is 1.79. The molecule has 0 aliphatic heterocycles. The Morgan fingerprint density at radius 1 is 1.53 bits per heavy atom. The van der Waals surface area contributed by atoms with Gasteiger partial charge in [-0.3, -0.25) is 4.79 Å². The van der Waals surface area contributed by atoms with E-state index in [-0.39, 0.29) is 12.0 Å². The smallest absolute Gasteiger partial charge is 0.307 e. The summed E-state index contributed by atoms with van der Waals surface area (Å²) in [6.45, 7) is 7.82. The van der Waals surface area contributed by atoms with Crippen molar-refractivity contribution in [2.24, 2.45) is 0 Å². The maximum atomic E-state index is 11.3. The van der Waals surface area contributed by atoms with Crippen molar-refractivity contribution in [1.29, 1.82) is 0 Å². The van der Waals surface area contributed by atoms with Gasteiger partial charge in [-0.05, 0) is 31.7 Å². The summed E-state index contributed by atoms with van der Waals surface area (Å²) in [6.07, 6.45) is 2.09. The lowest BCUT2D eigenvalue weighted by Crippen LogP contribution is -2.30. The molecule has 0 bridgehead atoms. The lowest BCUT2D eigenvalue weighted by molar-refractivity contribution is -0.140. The van der Waals surface area contributed by atoms with Crippen molar-refractivity contribution in [2.45, 2.75) is 26.3 Å². The molecule has 1 rings (SSSR count). The Morgan fingerprint density at radius 2 is 2.18 bits per heavy atom. The molecule has 1 unspecified atom stereocenters. The van der Waals surface area contributed by atoms with Gasteiger partial charge in [0.05, 0.1) is 13.5 Å². The van der Waals surface area contributed by atoms with E-state index in [0.717, 1.165) is 11.3 Å². The maximum Gasteiger partial charge on any atom is 0.307 e. The number of aryl methyl sites for hydroxylation is 1. The van der Waals surface area contributed by atoms with Crippen LogP contribution in [0.15, 0.2) is 37.0 Å². The lowest BCUT2D eigenvalue weighted by atomic mass is 10.1. The number of methoxy groups -OCH3 is 1. The predicted octanol–water partition coefficient (Wildman–Crippen LogP) is 2.90. The van der Waals surface area contributed by atoms with Crippen molar-refractivity contribution in [3.8, 4) is 0 Å². The van der Waals surface area contributed by atoms with Gasteiger partial charge in [0.15, 0.2) is 0 Å². The monoisotopic (exact) mass is 233 g/mol. The highest BCUT2D eigenvalue weighted by molar-refractivity contribution is 5.71. The van der Waals surface area contributed by atoms with Crippen LogP contribution in [0, 0.1) is 6.92 Å². The van der Waals surface area contributed by atoms with E-state index in [9.17, 15) is 4.79 Å². The number of ether oxygens (including phenoxy) is 1. The SMILES string of the molecule is C=CN(c1ccccc1C)C(C)CC(=O)OC. The van der Waals surface area contributed by atoms with Crippen molar-refractivity contribution >= 4 is 11.7 Å². The predicted molar refractivity (Wildman–Crippen MR) is 70.0 cm³/mol. The summed E-state index contributed by atoms with van der Waals surface area (Å²) in [5, 5.41) is 0. The summed E-state index contributed by atoms with van der Waals surface area (Å²) < 4.78 is 4.68. The Morgan fingerprint density at radius 3 is 2.71 bits per heavy atom. The van der Waals surface area contributed by atoms with Gasteiger partial charge in [0.2, 0.25) is 0 Å². The zero-order chi connectivity index (χ0) is 12.8. The Kier molecular flexibility index (Phi) is 4.76. The van der Waals surface area contributed by atoms with Gasteiger partial charge >= 0.3 is 5.97 Å². The number of nitrogens with zero attached hydrogens (tertiary/aromatic N) is 1. The zero-order valence-electron chi connectivity index (χ0n) is 10.6. The molecular formula is C14H19NO2. The van der Waals surface area contributed by atoms with Crippen LogP contribution in [0.3, 0.4) is 0 Å². The molecule has 17 heavy (non-hydrogen) atoms. The number of carbonyl (C=O) groups is 1. The highest BCUT2D eigenvalue weighted by atomic mass is 16.5. The number of anilines is 1. The quantitative estimate of drug-likeness (QED) is 0.732. The molecule has 0 saturated heterocycles. The maximum absolute atomic E-state index is 11.3. The Bertz CT molecular complexity index is 401. The molecule has 0 saturated carbocycles. The van der Waals surface area contributed by atoms with Crippen LogP contribution in [0.1, 0.15) is 18.9 Å². The van der Waals surface area contributed by atoms with Crippen molar-refractivity contribution < 1.29 is 9.53 Å². The van der Waals surface area contributed by atoms with Gasteiger partial charge in [-0.25, -0.2) is 0 Å². The number of rotatable bonds is 5. The van der Waals surface area contributed by atoms with E-state index in [2.05, 4.69) is 11.3 Å². The highest BCUT2D eigenvalue weighted by Crippen LogP contribution is 2.23. The first kappa shape index (κ1) is 13.3. The largest absolute Gasteiger partial charge is 0.469 e. The average molecular weight is 233 g/mol. The molecule has 0 aliphatic rings. The summed E-state index contributed by atoms with van der Waals surface area (Å²) in [5.74, 6) is -0.210. The normalized spacial score (nSPS) is 11.7. The van der Waals surface area contributed by atoms with E-state index >= 15 is 0 Å². The Labute approximate surface area is 103 Å². The van der Waals surface area contributed by atoms with Crippen LogP contribution in [0.2, 0.25) is 0 Å². The second kappa shape index (κ2) is 6.09. The molecule has 0 heterocycles. The number of hydrogen-bond donors (Lipinski definition) is 0. The van der Waals surface area contributed by atoms with Crippen LogP contribution in [-0.4, -0.2) is 19.1 Å². The molecule has 0 fully saturated rings. The molecule has 0 aliphatic carbocycles. The van der Waals surface area contributed by atoms with E-state index in [1.807, 2.05) is 43.0 Å². The Balaban J connectivity index is 2.88. The van der Waals surface area contributed by atoms with Crippen molar-refractivity contribution in [1.82, 2.24) is 0 Å². The van der Waals surface area contributed by atoms with Crippen molar-refractivity contribution in [3.63, 3.8) is 0 Å². The first-order valence-corrected chi connectivity index (χ1v) is 5.63. The molecule has 3 heteroatoms. The fraction of sp³-hybridized carbons (Fsp3) is 0.357. The van der Waals surface area contributed by atoms with E-state index in [4.69, 9.17) is 0 Å². The molecule has 3 nitrogen and oxygen atoms in total. The number of para-hydroxylation sites is 1. The van der Waals surface area contributed by atoms with Crippen LogP contribution < -0.4 is 4.90 Å². The summed E-state index contributed by atoms with van der Waals surface area (Å²) in [4.78, 5) is 13.3. The highest BCUT2D eigenvalue weighted by Gasteiger charge is 2.16. The number of benzene rings is 1. The summed E-state index contributed by atoms with van der Waals surface area (Å²) in [7, 11) is 1.40. The second-order valence-corrected chi connectivity index (χ2v) is 4.01. The van der Waals surface area contributed by atoms with Crippen LogP contribution in [0.4, 0.5) is 5.69 Å². The summed E-state index contributed by atoms with van der Waals surface area (Å²) in [5.41, 5.74) is 2.23. The molecule has 0 N–H and O–H groups in total. The lowest BCUT2D eigenvalue weighted by Gasteiger charge is -2.28. The van der Waals surface area contributed by atoms with Crippen molar-refractivity contribution in [3.05, 3.63) is 42.6 Å². The van der Waals surface area contributed by atoms with Gasteiger partial charge in [0.1, 0.15) is 0 Å². The Hall–Kier alpha value is -1.77. The first-order valence-electron chi connectivity index (χ1n) is 5.63. The van der Waals surface area contributed by atoms with E-state index in [1.165, 1.54) is 7.11 Å². The van der Waals surface area contributed by atoms with Crippen LogP contribution in [0.25, 0.3) is 0 Å². The van der Waals surface area contributed by atoms with Gasteiger partial charge < -0.3 is 9.64 Å². The van der Waals surface area contributed by atoms with Crippen molar-refractivity contribution in [2.75, 3.05) is 12.0 Å².